The summed E-state index contributed by atoms with van der Waals surface area (Å²) in [5.74, 6) is 1.20. The summed E-state index contributed by atoms with van der Waals surface area (Å²) in [6, 6.07) is 14.8. The Bertz CT molecular complexity index is 861. The molecule has 0 saturated carbocycles. The molecule has 0 heterocycles. The number of phenolic OH excluding ortho intramolecular Hbond substituents is 1. The molecule has 1 amide bonds. The van der Waals surface area contributed by atoms with E-state index >= 15 is 0 Å². The Labute approximate surface area is 230 Å². The first kappa shape index (κ1) is 31.0. The number of hydrogen-bond donors (Lipinski definition) is 2. The van der Waals surface area contributed by atoms with Crippen LogP contribution in [0, 0.1) is 0 Å². The van der Waals surface area contributed by atoms with Gasteiger partial charge in [-0.3, -0.25) is 4.79 Å². The van der Waals surface area contributed by atoms with Crippen LogP contribution in [0.1, 0.15) is 115 Å². The molecule has 0 aliphatic carbocycles. The maximum atomic E-state index is 12.1. The predicted octanol–water partition coefficient (Wildman–Crippen LogP) is 10.4. The molecule has 4 heteroatoms. The molecule has 0 saturated heterocycles. The van der Waals surface area contributed by atoms with Gasteiger partial charge in [-0.1, -0.05) is 115 Å². The van der Waals surface area contributed by atoms with Crippen LogP contribution in [0.2, 0.25) is 0 Å². The van der Waals surface area contributed by atoms with Crippen molar-refractivity contribution in [1.29, 1.82) is 0 Å². The van der Waals surface area contributed by atoms with Crippen LogP contribution in [0.4, 0.5) is 5.69 Å². The molecule has 0 fully saturated rings. The van der Waals surface area contributed by atoms with E-state index in [4.69, 9.17) is 0 Å². The Morgan fingerprint density at radius 2 is 1.19 bits per heavy atom. The van der Waals surface area contributed by atoms with Crippen LogP contribution >= 0.6 is 11.8 Å². The van der Waals surface area contributed by atoms with Gasteiger partial charge in [0.1, 0.15) is 5.75 Å². The molecule has 2 aromatic carbocycles. The summed E-state index contributed by atoms with van der Waals surface area (Å²) >= 11 is 1.90. The molecular weight excluding hydrogens is 474 g/mol. The smallest absolute Gasteiger partial charge is 0.248 e. The quantitative estimate of drug-likeness (QED) is 0.0971. The number of phenols is 1. The summed E-state index contributed by atoms with van der Waals surface area (Å²) in [7, 11) is 0. The standard InChI is InChI=1S/C33H49NO2S/c1-2-3-4-5-6-7-8-9-10-11-12-13-14-15-16-17-28-37-32-25-21-30(22-26-32)34-33(36)27-20-29-18-23-31(35)24-19-29/h18-27,35H,2-17,28H2,1H3,(H,34,36)/b27-20+. The summed E-state index contributed by atoms with van der Waals surface area (Å²) in [6.45, 7) is 2.29. The zero-order valence-electron chi connectivity index (χ0n) is 23.1. The maximum absolute atomic E-state index is 12.1. The number of carbonyl (C=O) groups is 1. The van der Waals surface area contributed by atoms with Crippen molar-refractivity contribution in [3.05, 3.63) is 60.2 Å². The second-order valence-corrected chi connectivity index (χ2v) is 11.3. The lowest BCUT2D eigenvalue weighted by atomic mass is 10.0. The molecule has 0 atom stereocenters. The van der Waals surface area contributed by atoms with E-state index in [0.717, 1.165) is 17.0 Å². The summed E-state index contributed by atoms with van der Waals surface area (Å²) in [4.78, 5) is 13.4. The highest BCUT2D eigenvalue weighted by Crippen LogP contribution is 2.22. The number of benzene rings is 2. The molecule has 0 unspecified atom stereocenters. The first-order valence-corrected chi connectivity index (χ1v) is 15.7. The van der Waals surface area contributed by atoms with Crippen LogP contribution < -0.4 is 5.32 Å². The summed E-state index contributed by atoms with van der Waals surface area (Å²) in [6.07, 6.45) is 25.7. The molecule has 0 bridgehead atoms. The first-order chi connectivity index (χ1) is 18.2. The Morgan fingerprint density at radius 3 is 1.70 bits per heavy atom. The summed E-state index contributed by atoms with van der Waals surface area (Å²) < 4.78 is 0. The van der Waals surface area contributed by atoms with Gasteiger partial charge in [0.15, 0.2) is 0 Å². The van der Waals surface area contributed by atoms with Crippen molar-refractivity contribution in [3.8, 4) is 5.75 Å². The van der Waals surface area contributed by atoms with Crippen molar-refractivity contribution in [1.82, 2.24) is 0 Å². The van der Waals surface area contributed by atoms with Crippen molar-refractivity contribution in [2.45, 2.75) is 115 Å². The fraction of sp³-hybridized carbons (Fsp3) is 0.545. The largest absolute Gasteiger partial charge is 0.508 e. The maximum Gasteiger partial charge on any atom is 0.248 e. The number of aromatic hydroxyl groups is 1. The summed E-state index contributed by atoms with van der Waals surface area (Å²) in [5.41, 5.74) is 1.67. The fourth-order valence-corrected chi connectivity index (χ4v) is 5.33. The van der Waals surface area contributed by atoms with Gasteiger partial charge in [-0.2, -0.15) is 0 Å². The molecule has 0 aliphatic rings. The number of carbonyl (C=O) groups excluding carboxylic acids is 1. The van der Waals surface area contributed by atoms with E-state index in [1.807, 2.05) is 23.9 Å². The minimum atomic E-state index is -0.165. The van der Waals surface area contributed by atoms with Crippen molar-refractivity contribution in [2.24, 2.45) is 0 Å². The highest BCUT2D eigenvalue weighted by Gasteiger charge is 2.00. The zero-order valence-corrected chi connectivity index (χ0v) is 23.9. The Hall–Kier alpha value is -2.20. The van der Waals surface area contributed by atoms with Crippen LogP contribution in [-0.4, -0.2) is 16.8 Å². The van der Waals surface area contributed by atoms with Crippen LogP contribution in [0.5, 0.6) is 5.75 Å². The number of hydrogen-bond acceptors (Lipinski definition) is 3. The van der Waals surface area contributed by atoms with Crippen molar-refractivity contribution in [3.63, 3.8) is 0 Å². The molecule has 37 heavy (non-hydrogen) atoms. The van der Waals surface area contributed by atoms with Crippen molar-refractivity contribution >= 4 is 29.4 Å². The SMILES string of the molecule is CCCCCCCCCCCCCCCCCCSc1ccc(NC(=O)/C=C/c2ccc(O)cc2)cc1. The molecular formula is C33H49NO2S. The number of nitrogens with one attached hydrogen (secondary N) is 1. The normalized spacial score (nSPS) is 11.3. The number of amides is 1. The van der Waals surface area contributed by atoms with Gasteiger partial charge in [-0.25, -0.2) is 0 Å². The molecule has 204 valence electrons. The molecule has 2 rings (SSSR count). The fourth-order valence-electron chi connectivity index (χ4n) is 4.42. The van der Waals surface area contributed by atoms with Crippen LogP contribution in [0.25, 0.3) is 6.08 Å². The molecule has 0 spiro atoms. The van der Waals surface area contributed by atoms with E-state index in [-0.39, 0.29) is 11.7 Å². The molecule has 2 aromatic rings. The van der Waals surface area contributed by atoms with Crippen molar-refractivity contribution < 1.29 is 9.90 Å². The van der Waals surface area contributed by atoms with E-state index in [1.165, 1.54) is 114 Å². The van der Waals surface area contributed by atoms with Crippen LogP contribution in [-0.2, 0) is 4.79 Å². The summed E-state index contributed by atoms with van der Waals surface area (Å²) in [5, 5.41) is 12.2. The predicted molar refractivity (Wildman–Crippen MR) is 162 cm³/mol. The molecule has 3 nitrogen and oxygen atoms in total. The molecule has 0 radical (unpaired) electrons. The third kappa shape index (κ3) is 16.3. The molecule has 0 aromatic heterocycles. The number of thioether (sulfide) groups is 1. The first-order valence-electron chi connectivity index (χ1n) is 14.7. The van der Waals surface area contributed by atoms with Gasteiger partial charge in [-0.15, -0.1) is 11.8 Å². The van der Waals surface area contributed by atoms with E-state index in [0.29, 0.717) is 0 Å². The van der Waals surface area contributed by atoms with Gasteiger partial charge in [0.05, 0.1) is 0 Å². The number of rotatable bonds is 21. The third-order valence-electron chi connectivity index (χ3n) is 6.71. The minimum absolute atomic E-state index is 0.165. The topological polar surface area (TPSA) is 49.3 Å². The Kier molecular flexibility index (Phi) is 17.4. The highest BCUT2D eigenvalue weighted by molar-refractivity contribution is 7.99. The van der Waals surface area contributed by atoms with Gasteiger partial charge in [0.25, 0.3) is 0 Å². The van der Waals surface area contributed by atoms with Gasteiger partial charge in [-0.05, 0) is 60.2 Å². The number of unbranched alkanes of at least 4 members (excludes halogenated alkanes) is 15. The van der Waals surface area contributed by atoms with Gasteiger partial charge in [0.2, 0.25) is 5.91 Å². The van der Waals surface area contributed by atoms with Crippen LogP contribution in [0.15, 0.2) is 59.5 Å². The second-order valence-electron chi connectivity index (χ2n) is 10.1. The third-order valence-corrected chi connectivity index (χ3v) is 7.81. The molecule has 2 N–H and O–H groups in total. The van der Waals surface area contributed by atoms with Crippen LogP contribution in [0.3, 0.4) is 0 Å². The van der Waals surface area contributed by atoms with Gasteiger partial charge >= 0.3 is 0 Å². The minimum Gasteiger partial charge on any atom is -0.508 e. The van der Waals surface area contributed by atoms with E-state index in [9.17, 15) is 9.90 Å². The lowest BCUT2D eigenvalue weighted by Crippen LogP contribution is -2.07. The average Bonchev–Trinajstić information content (AvgIpc) is 2.91. The van der Waals surface area contributed by atoms with Crippen molar-refractivity contribution in [2.75, 3.05) is 11.1 Å². The van der Waals surface area contributed by atoms with E-state index in [2.05, 4.69) is 24.4 Å². The van der Waals surface area contributed by atoms with Gasteiger partial charge < -0.3 is 10.4 Å². The lowest BCUT2D eigenvalue weighted by molar-refractivity contribution is -0.111. The van der Waals surface area contributed by atoms with Gasteiger partial charge in [0, 0.05) is 16.7 Å². The molecule has 0 aliphatic heterocycles. The van der Waals surface area contributed by atoms with E-state index in [1.54, 1.807) is 30.3 Å². The lowest BCUT2D eigenvalue weighted by Gasteiger charge is -2.06. The zero-order chi connectivity index (χ0) is 26.4. The second kappa shape index (κ2) is 20.8. The van der Waals surface area contributed by atoms with E-state index < -0.39 is 0 Å². The Morgan fingerprint density at radius 1 is 0.703 bits per heavy atom. The highest BCUT2D eigenvalue weighted by atomic mass is 32.2. The average molecular weight is 524 g/mol. The monoisotopic (exact) mass is 523 g/mol. The Balaban J connectivity index is 1.41. The number of anilines is 1.